The summed E-state index contributed by atoms with van der Waals surface area (Å²) in [5.41, 5.74) is 3.49. The number of carbonyl (C=O) groups is 1. The lowest BCUT2D eigenvalue weighted by molar-refractivity contribution is -0.130. The molecule has 34 heavy (non-hydrogen) atoms. The van der Waals surface area contributed by atoms with Gasteiger partial charge in [0.2, 0.25) is 5.88 Å². The summed E-state index contributed by atoms with van der Waals surface area (Å²) in [5, 5.41) is 32.5. The minimum Gasteiger partial charge on any atom is -0.493 e. The second kappa shape index (κ2) is 9.53. The number of hydrazone groups is 1. The Bertz CT molecular complexity index is 1350. The molecule has 11 heteroatoms. The summed E-state index contributed by atoms with van der Waals surface area (Å²) in [6.07, 6.45) is 2.10. The quantitative estimate of drug-likeness (QED) is 0.299. The highest BCUT2D eigenvalue weighted by molar-refractivity contribution is 7.99. The van der Waals surface area contributed by atoms with Crippen molar-refractivity contribution < 1.29 is 15.0 Å². The molecule has 0 unspecified atom stereocenters. The Labute approximate surface area is 203 Å². The Morgan fingerprint density at radius 2 is 2.06 bits per heavy atom. The zero-order chi connectivity index (χ0) is 23.7. The Balaban J connectivity index is 1.38. The van der Waals surface area contributed by atoms with Crippen LogP contribution in [0.1, 0.15) is 28.5 Å². The van der Waals surface area contributed by atoms with Gasteiger partial charge in [0.1, 0.15) is 5.39 Å². The van der Waals surface area contributed by atoms with Gasteiger partial charge in [0, 0.05) is 6.42 Å². The summed E-state index contributed by atoms with van der Waals surface area (Å²) >= 11 is 2.73. The lowest BCUT2D eigenvalue weighted by atomic mass is 10.00. The van der Waals surface area contributed by atoms with Gasteiger partial charge in [0.15, 0.2) is 10.8 Å². The fourth-order valence-electron chi connectivity index (χ4n) is 3.82. The maximum atomic E-state index is 13.3. The van der Waals surface area contributed by atoms with E-state index in [1.165, 1.54) is 10.9 Å². The molecule has 9 nitrogen and oxygen atoms in total. The van der Waals surface area contributed by atoms with Crippen molar-refractivity contribution in [2.75, 3.05) is 12.4 Å². The number of rotatable bonds is 7. The number of carbonyl (C=O) groups excluding carboxylic acids is 1. The molecule has 174 valence electrons. The molecular weight excluding hydrogens is 472 g/mol. The number of nitrogens with zero attached hydrogens (tertiary/aromatic N) is 6. The molecule has 3 aromatic heterocycles. The zero-order valence-electron chi connectivity index (χ0n) is 18.3. The Morgan fingerprint density at radius 3 is 2.79 bits per heavy atom. The molecule has 4 heterocycles. The second-order valence-electron chi connectivity index (χ2n) is 7.84. The molecule has 0 saturated heterocycles. The van der Waals surface area contributed by atoms with Gasteiger partial charge >= 0.3 is 0 Å². The van der Waals surface area contributed by atoms with E-state index in [-0.39, 0.29) is 41.9 Å². The average molecular weight is 495 g/mol. The number of aliphatic hydroxyl groups is 1. The van der Waals surface area contributed by atoms with E-state index >= 15 is 0 Å². The highest BCUT2D eigenvalue weighted by Crippen LogP contribution is 2.35. The molecule has 0 bridgehead atoms. The lowest BCUT2D eigenvalue weighted by Gasteiger charge is -2.22. The van der Waals surface area contributed by atoms with Crippen LogP contribution in [0.25, 0.3) is 11.0 Å². The van der Waals surface area contributed by atoms with Gasteiger partial charge in [-0.3, -0.25) is 4.79 Å². The van der Waals surface area contributed by atoms with Crippen LogP contribution >= 0.6 is 23.1 Å². The van der Waals surface area contributed by atoms with E-state index in [2.05, 4.69) is 20.2 Å². The summed E-state index contributed by atoms with van der Waals surface area (Å²) in [4.78, 5) is 22.9. The molecular formula is C23H22N6O3S2. The minimum absolute atomic E-state index is 0.0582. The molecule has 0 aliphatic carbocycles. The molecule has 5 rings (SSSR count). The first-order chi connectivity index (χ1) is 16.5. The van der Waals surface area contributed by atoms with Crippen molar-refractivity contribution in [3.63, 3.8) is 0 Å². The van der Waals surface area contributed by atoms with Crippen LogP contribution in [0.3, 0.4) is 0 Å². The van der Waals surface area contributed by atoms with Crippen LogP contribution in [0, 0.1) is 6.92 Å². The largest absolute Gasteiger partial charge is 0.493 e. The third kappa shape index (κ3) is 4.41. The highest BCUT2D eigenvalue weighted by atomic mass is 32.2. The molecule has 1 amide bonds. The van der Waals surface area contributed by atoms with Gasteiger partial charge in [0.25, 0.3) is 5.91 Å². The lowest BCUT2D eigenvalue weighted by Crippen LogP contribution is -2.28. The molecule has 4 aromatic rings. The number of thioether (sulfide) groups is 1. The monoisotopic (exact) mass is 494 g/mol. The van der Waals surface area contributed by atoms with Crippen LogP contribution in [0.4, 0.5) is 0 Å². The van der Waals surface area contributed by atoms with Crippen LogP contribution in [-0.2, 0) is 11.3 Å². The smallest absolute Gasteiger partial charge is 0.253 e. The highest BCUT2D eigenvalue weighted by Gasteiger charge is 2.33. The number of aryl methyl sites for hydroxylation is 1. The van der Waals surface area contributed by atoms with Gasteiger partial charge in [-0.1, -0.05) is 47.7 Å². The van der Waals surface area contributed by atoms with E-state index in [1.807, 2.05) is 48.7 Å². The topological polar surface area (TPSA) is 117 Å². The Morgan fingerprint density at radius 1 is 1.24 bits per heavy atom. The maximum absolute atomic E-state index is 13.3. The van der Waals surface area contributed by atoms with Crippen molar-refractivity contribution in [1.29, 1.82) is 0 Å². The summed E-state index contributed by atoms with van der Waals surface area (Å²) in [6, 6.07) is 12.0. The molecule has 1 aliphatic heterocycles. The van der Waals surface area contributed by atoms with Crippen molar-refractivity contribution in [2.45, 2.75) is 31.1 Å². The third-order valence-corrected chi connectivity index (χ3v) is 7.28. The predicted octanol–water partition coefficient (Wildman–Crippen LogP) is 3.36. The second-order valence-corrected chi connectivity index (χ2v) is 9.73. The molecule has 1 atom stereocenters. The van der Waals surface area contributed by atoms with Crippen LogP contribution in [0.15, 0.2) is 58.2 Å². The number of aromatic hydroxyl groups is 1. The number of aromatic nitrogens is 4. The van der Waals surface area contributed by atoms with Crippen LogP contribution in [0.5, 0.6) is 5.88 Å². The van der Waals surface area contributed by atoms with Crippen molar-refractivity contribution in [3.8, 4) is 5.88 Å². The van der Waals surface area contributed by atoms with E-state index < -0.39 is 0 Å². The van der Waals surface area contributed by atoms with Crippen molar-refractivity contribution >= 4 is 45.8 Å². The fraction of sp³-hybridized carbons (Fsp3) is 0.261. The van der Waals surface area contributed by atoms with Gasteiger partial charge in [-0.2, -0.15) is 15.2 Å². The fourth-order valence-corrected chi connectivity index (χ4v) is 5.22. The molecule has 1 aliphatic rings. The van der Waals surface area contributed by atoms with Gasteiger partial charge < -0.3 is 10.2 Å². The van der Waals surface area contributed by atoms with E-state index in [9.17, 15) is 15.0 Å². The normalized spacial score (nSPS) is 15.8. The number of thiophene rings is 1. The first-order valence-corrected chi connectivity index (χ1v) is 12.6. The van der Waals surface area contributed by atoms with Gasteiger partial charge in [-0.25, -0.2) is 14.7 Å². The number of hydrogen-bond donors (Lipinski definition) is 2. The molecule has 0 spiro atoms. The first kappa shape index (κ1) is 22.5. The number of aliphatic hydroxyl groups excluding tert-OH is 1. The van der Waals surface area contributed by atoms with E-state index in [0.29, 0.717) is 17.5 Å². The summed E-state index contributed by atoms with van der Waals surface area (Å²) in [5.74, 6) is -0.321. The summed E-state index contributed by atoms with van der Waals surface area (Å²) < 4.78 is 1.49. The van der Waals surface area contributed by atoms with Gasteiger partial charge in [-0.15, -0.1) is 11.3 Å². The number of fused-ring (bicyclic) bond motifs is 1. The standard InChI is InChI=1S/C23H22N6O3S2/c1-14-4-6-15(7-5-14)18-11-17(19-3-2-10-33-19)27-29(18)20(31)13-34-23-25-21-16(22(32)26-23)12-24-28(21)8-9-30/h2-7,10,12,18,30H,8-9,11,13H2,1H3,(H,25,26,32)/t18-/m0/s1. The molecule has 2 N–H and O–H groups in total. The van der Waals surface area contributed by atoms with Crippen LogP contribution in [0.2, 0.25) is 0 Å². The SMILES string of the molecule is Cc1ccc([C@@H]2CC(c3cccs3)=NN2C(=O)CSc2nc(O)c3cnn(CCO)c3n2)cc1. The van der Waals surface area contributed by atoms with E-state index in [0.717, 1.165) is 33.5 Å². The van der Waals surface area contributed by atoms with Crippen LogP contribution < -0.4 is 0 Å². The Hall–Kier alpha value is -3.28. The minimum atomic E-state index is -0.208. The summed E-state index contributed by atoms with van der Waals surface area (Å²) in [6.45, 7) is 2.17. The Kier molecular flexibility index (Phi) is 6.31. The maximum Gasteiger partial charge on any atom is 0.253 e. The first-order valence-electron chi connectivity index (χ1n) is 10.7. The summed E-state index contributed by atoms with van der Waals surface area (Å²) in [7, 11) is 0. The molecule has 0 saturated carbocycles. The van der Waals surface area contributed by atoms with Crippen molar-refractivity contribution in [1.82, 2.24) is 24.8 Å². The van der Waals surface area contributed by atoms with Gasteiger partial charge in [0.05, 0.1) is 41.7 Å². The van der Waals surface area contributed by atoms with E-state index in [4.69, 9.17) is 0 Å². The zero-order valence-corrected chi connectivity index (χ0v) is 20.0. The molecule has 0 fully saturated rings. The predicted molar refractivity (Wildman–Crippen MR) is 131 cm³/mol. The van der Waals surface area contributed by atoms with Crippen molar-refractivity contribution in [3.05, 3.63) is 64.0 Å². The average Bonchev–Trinajstić information content (AvgIpc) is 3.58. The van der Waals surface area contributed by atoms with Gasteiger partial charge in [-0.05, 0) is 23.9 Å². The number of amides is 1. The van der Waals surface area contributed by atoms with Crippen LogP contribution in [-0.4, -0.2) is 58.9 Å². The number of hydrogen-bond acceptors (Lipinski definition) is 9. The number of benzene rings is 1. The third-order valence-electron chi connectivity index (χ3n) is 5.53. The molecule has 1 aromatic carbocycles. The van der Waals surface area contributed by atoms with E-state index in [1.54, 1.807) is 16.3 Å². The van der Waals surface area contributed by atoms with Crippen molar-refractivity contribution in [2.24, 2.45) is 5.10 Å². The molecule has 0 radical (unpaired) electrons.